The van der Waals surface area contributed by atoms with Gasteiger partial charge in [-0.2, -0.15) is 14.6 Å². The zero-order valence-electron chi connectivity index (χ0n) is 14.1. The molecule has 0 aliphatic rings. The molecule has 0 saturated heterocycles. The molecule has 7 heteroatoms. The van der Waals surface area contributed by atoms with E-state index in [1.54, 1.807) is 18.5 Å². The van der Waals surface area contributed by atoms with Gasteiger partial charge < -0.3 is 5.32 Å². The van der Waals surface area contributed by atoms with Crippen molar-refractivity contribution in [2.75, 3.05) is 0 Å². The first-order chi connectivity index (χ1) is 12.7. The van der Waals surface area contributed by atoms with Crippen LogP contribution in [0.4, 0.5) is 0 Å². The number of carbonyl (C=O) groups is 1. The van der Waals surface area contributed by atoms with Crippen molar-refractivity contribution in [3.05, 3.63) is 78.5 Å². The lowest BCUT2D eigenvalue weighted by Crippen LogP contribution is -2.28. The largest absolute Gasteiger partial charge is 0.344 e. The summed E-state index contributed by atoms with van der Waals surface area (Å²) in [4.78, 5) is 25.5. The van der Waals surface area contributed by atoms with Crippen LogP contribution in [0.3, 0.4) is 0 Å². The Morgan fingerprint density at radius 2 is 1.88 bits per heavy atom. The van der Waals surface area contributed by atoms with Gasteiger partial charge in [0.15, 0.2) is 0 Å². The van der Waals surface area contributed by atoms with Gasteiger partial charge in [-0.25, -0.2) is 4.98 Å². The number of rotatable bonds is 4. The van der Waals surface area contributed by atoms with E-state index in [0.29, 0.717) is 17.2 Å². The highest BCUT2D eigenvalue weighted by atomic mass is 16.2. The first-order valence-corrected chi connectivity index (χ1v) is 8.19. The quantitative estimate of drug-likeness (QED) is 0.615. The number of nitrogens with zero attached hydrogens (tertiary/aromatic N) is 5. The molecular weight excluding hydrogens is 328 g/mol. The highest BCUT2D eigenvalue weighted by Gasteiger charge is 2.18. The zero-order chi connectivity index (χ0) is 17.9. The smallest absolute Gasteiger partial charge is 0.270 e. The van der Waals surface area contributed by atoms with Crippen LogP contribution in [-0.4, -0.2) is 30.5 Å². The molecule has 0 fully saturated rings. The second kappa shape index (κ2) is 6.72. The van der Waals surface area contributed by atoms with Crippen LogP contribution in [0.25, 0.3) is 17.0 Å². The van der Waals surface area contributed by atoms with Gasteiger partial charge in [-0.05, 0) is 30.7 Å². The molecule has 0 saturated carbocycles. The van der Waals surface area contributed by atoms with Crippen molar-refractivity contribution in [2.45, 2.75) is 13.0 Å². The number of aromatic nitrogens is 5. The van der Waals surface area contributed by atoms with E-state index < -0.39 is 0 Å². The standard InChI is InChI=1S/C19H16N6O/c1-13(14-7-9-20-10-8-14)23-18(26)17-11-16(15-5-3-2-4-6-15)24-19-21-12-22-25(17)19/h2-13H,1H3,(H,23,26)/t13-/m0/s1. The van der Waals surface area contributed by atoms with Crippen LogP contribution in [0, 0.1) is 0 Å². The average molecular weight is 344 g/mol. The molecule has 1 N–H and O–H groups in total. The van der Waals surface area contributed by atoms with Crippen molar-refractivity contribution >= 4 is 11.7 Å². The SMILES string of the molecule is C[C@H](NC(=O)c1cc(-c2ccccc2)nc2ncnn12)c1ccncc1. The Hall–Kier alpha value is -3.61. The Labute approximate surface area is 149 Å². The van der Waals surface area contributed by atoms with Crippen LogP contribution in [0.2, 0.25) is 0 Å². The van der Waals surface area contributed by atoms with Crippen molar-refractivity contribution in [3.8, 4) is 11.3 Å². The molecule has 128 valence electrons. The van der Waals surface area contributed by atoms with Crippen LogP contribution in [-0.2, 0) is 0 Å². The van der Waals surface area contributed by atoms with Crippen LogP contribution >= 0.6 is 0 Å². The zero-order valence-corrected chi connectivity index (χ0v) is 14.1. The maximum atomic E-state index is 12.9. The molecule has 0 unspecified atom stereocenters. The number of benzene rings is 1. The minimum Gasteiger partial charge on any atom is -0.344 e. The van der Waals surface area contributed by atoms with Crippen LogP contribution in [0.5, 0.6) is 0 Å². The monoisotopic (exact) mass is 344 g/mol. The van der Waals surface area contributed by atoms with Crippen molar-refractivity contribution in [1.29, 1.82) is 0 Å². The van der Waals surface area contributed by atoms with E-state index in [-0.39, 0.29) is 11.9 Å². The predicted octanol–water partition coefficient (Wildman–Crippen LogP) is 2.68. The molecule has 0 spiro atoms. The second-order valence-corrected chi connectivity index (χ2v) is 5.84. The Bertz CT molecular complexity index is 1050. The van der Waals surface area contributed by atoms with Crippen molar-refractivity contribution in [1.82, 2.24) is 29.9 Å². The summed E-state index contributed by atoms with van der Waals surface area (Å²) in [6.45, 7) is 1.92. The van der Waals surface area contributed by atoms with Crippen molar-refractivity contribution < 1.29 is 4.79 Å². The van der Waals surface area contributed by atoms with E-state index in [9.17, 15) is 4.79 Å². The molecule has 4 aromatic rings. The molecule has 0 bridgehead atoms. The summed E-state index contributed by atoms with van der Waals surface area (Å²) in [7, 11) is 0. The number of hydrogen-bond donors (Lipinski definition) is 1. The minimum absolute atomic E-state index is 0.169. The van der Waals surface area contributed by atoms with Crippen LogP contribution in [0.15, 0.2) is 67.3 Å². The van der Waals surface area contributed by atoms with Gasteiger partial charge in [-0.15, -0.1) is 0 Å². The van der Waals surface area contributed by atoms with Crippen molar-refractivity contribution in [2.24, 2.45) is 0 Å². The molecule has 7 nitrogen and oxygen atoms in total. The molecule has 4 rings (SSSR count). The molecule has 3 aromatic heterocycles. The van der Waals surface area contributed by atoms with Crippen LogP contribution in [0.1, 0.15) is 29.0 Å². The van der Waals surface area contributed by atoms with Gasteiger partial charge in [-0.1, -0.05) is 30.3 Å². The van der Waals surface area contributed by atoms with E-state index >= 15 is 0 Å². The van der Waals surface area contributed by atoms with Gasteiger partial charge in [0, 0.05) is 18.0 Å². The number of amides is 1. The Morgan fingerprint density at radius 3 is 2.65 bits per heavy atom. The third kappa shape index (κ3) is 3.02. The highest BCUT2D eigenvalue weighted by molar-refractivity contribution is 5.94. The van der Waals surface area contributed by atoms with Gasteiger partial charge in [-0.3, -0.25) is 9.78 Å². The minimum atomic E-state index is -0.246. The van der Waals surface area contributed by atoms with Gasteiger partial charge in [0.05, 0.1) is 11.7 Å². The summed E-state index contributed by atoms with van der Waals surface area (Å²) in [6, 6.07) is 15.0. The average Bonchev–Trinajstić information content (AvgIpc) is 3.17. The molecule has 0 aliphatic heterocycles. The fraction of sp³-hybridized carbons (Fsp3) is 0.105. The van der Waals surface area contributed by atoms with E-state index in [0.717, 1.165) is 11.1 Å². The number of pyridine rings is 1. The first kappa shape index (κ1) is 15.9. The predicted molar refractivity (Wildman–Crippen MR) is 96.3 cm³/mol. The van der Waals surface area contributed by atoms with E-state index in [1.807, 2.05) is 49.4 Å². The van der Waals surface area contributed by atoms with Gasteiger partial charge in [0.1, 0.15) is 12.0 Å². The van der Waals surface area contributed by atoms with E-state index in [2.05, 4.69) is 25.4 Å². The Kier molecular flexibility index (Phi) is 4.10. The molecule has 26 heavy (non-hydrogen) atoms. The fourth-order valence-corrected chi connectivity index (χ4v) is 2.74. The lowest BCUT2D eigenvalue weighted by Gasteiger charge is -2.15. The maximum absolute atomic E-state index is 12.9. The summed E-state index contributed by atoms with van der Waals surface area (Å²) in [6.07, 6.45) is 4.79. The number of hydrogen-bond acceptors (Lipinski definition) is 5. The normalized spacial score (nSPS) is 12.0. The lowest BCUT2D eigenvalue weighted by atomic mass is 10.1. The summed E-state index contributed by atoms with van der Waals surface area (Å²) in [5.41, 5.74) is 2.94. The van der Waals surface area contributed by atoms with Crippen LogP contribution < -0.4 is 5.32 Å². The number of carbonyl (C=O) groups excluding carboxylic acids is 1. The van der Waals surface area contributed by atoms with E-state index in [4.69, 9.17) is 0 Å². The van der Waals surface area contributed by atoms with Gasteiger partial charge >= 0.3 is 0 Å². The summed E-state index contributed by atoms with van der Waals surface area (Å²) < 4.78 is 1.45. The number of fused-ring (bicyclic) bond motifs is 1. The summed E-state index contributed by atoms with van der Waals surface area (Å²) in [5, 5.41) is 7.12. The summed E-state index contributed by atoms with van der Waals surface area (Å²) in [5.74, 6) is 0.137. The highest BCUT2D eigenvalue weighted by Crippen LogP contribution is 2.19. The van der Waals surface area contributed by atoms with Crippen molar-refractivity contribution in [3.63, 3.8) is 0 Å². The Morgan fingerprint density at radius 1 is 1.12 bits per heavy atom. The van der Waals surface area contributed by atoms with Gasteiger partial charge in [0.2, 0.25) is 0 Å². The number of nitrogens with one attached hydrogen (secondary N) is 1. The second-order valence-electron chi connectivity index (χ2n) is 5.84. The molecule has 1 atom stereocenters. The molecule has 1 aromatic carbocycles. The lowest BCUT2D eigenvalue weighted by molar-refractivity contribution is 0.0932. The molecule has 0 radical (unpaired) electrons. The Balaban J connectivity index is 1.71. The molecule has 1 amide bonds. The third-order valence-corrected chi connectivity index (χ3v) is 4.11. The maximum Gasteiger partial charge on any atom is 0.270 e. The molecule has 3 heterocycles. The fourth-order valence-electron chi connectivity index (χ4n) is 2.74. The third-order valence-electron chi connectivity index (χ3n) is 4.11. The summed E-state index contributed by atoms with van der Waals surface area (Å²) >= 11 is 0. The van der Waals surface area contributed by atoms with Gasteiger partial charge in [0.25, 0.3) is 11.7 Å². The molecule has 0 aliphatic carbocycles. The topological polar surface area (TPSA) is 85.1 Å². The van der Waals surface area contributed by atoms with E-state index in [1.165, 1.54) is 10.8 Å². The first-order valence-electron chi connectivity index (χ1n) is 8.19. The molecular formula is C19H16N6O.